The van der Waals surface area contributed by atoms with E-state index in [-0.39, 0.29) is 5.91 Å². The normalized spacial score (nSPS) is 20.3. The molecule has 0 radical (unpaired) electrons. The lowest BCUT2D eigenvalue weighted by atomic mass is 10.2. The zero-order valence-corrected chi connectivity index (χ0v) is 13.6. The molecule has 4 nitrogen and oxygen atoms in total. The molecule has 2 aromatic rings. The molecule has 1 saturated carbocycles. The van der Waals surface area contributed by atoms with Crippen LogP contribution in [0.25, 0.3) is 0 Å². The monoisotopic (exact) mass is 348 g/mol. The molecule has 0 aliphatic heterocycles. The molecule has 3 rings (SSSR count). The Morgan fingerprint density at radius 1 is 1.43 bits per heavy atom. The van der Waals surface area contributed by atoms with Gasteiger partial charge in [0.15, 0.2) is 0 Å². The minimum atomic E-state index is -0.0623. The molecule has 2 heterocycles. The average molecular weight is 349 g/mol. The number of aromatic nitrogens is 1. The Kier molecular flexibility index (Phi) is 3.85. The van der Waals surface area contributed by atoms with Crippen molar-refractivity contribution in [2.24, 2.45) is 5.92 Å². The first-order valence-corrected chi connectivity index (χ1v) is 7.79. The third-order valence-electron chi connectivity index (χ3n) is 3.87. The number of carbonyl (C=O) groups is 1. The van der Waals surface area contributed by atoms with Gasteiger partial charge in [-0.3, -0.25) is 4.79 Å². The highest BCUT2D eigenvalue weighted by atomic mass is 79.9. The zero-order valence-electron chi connectivity index (χ0n) is 12.0. The van der Waals surface area contributed by atoms with Crippen LogP contribution in [-0.2, 0) is 6.54 Å². The van der Waals surface area contributed by atoms with Crippen molar-refractivity contribution in [2.75, 3.05) is 7.05 Å². The Morgan fingerprint density at radius 2 is 2.19 bits per heavy atom. The lowest BCUT2D eigenvalue weighted by molar-refractivity contribution is 0.0774. The maximum atomic E-state index is 12.3. The lowest BCUT2D eigenvalue weighted by Gasteiger charge is -2.15. The van der Waals surface area contributed by atoms with Crippen LogP contribution in [0.5, 0.6) is 0 Å². The topological polar surface area (TPSA) is 46.3 Å². The van der Waals surface area contributed by atoms with Gasteiger partial charge < -0.3 is 9.32 Å². The van der Waals surface area contributed by atoms with E-state index in [4.69, 9.17) is 4.42 Å². The Hall–Kier alpha value is -1.62. The van der Waals surface area contributed by atoms with Crippen LogP contribution in [0.1, 0.15) is 41.1 Å². The van der Waals surface area contributed by atoms with E-state index >= 15 is 0 Å². The van der Waals surface area contributed by atoms with Crippen molar-refractivity contribution in [2.45, 2.75) is 25.8 Å². The largest absolute Gasteiger partial charge is 0.464 e. The van der Waals surface area contributed by atoms with Crippen LogP contribution < -0.4 is 0 Å². The number of carbonyl (C=O) groups excluding carboxylic acids is 1. The van der Waals surface area contributed by atoms with E-state index in [1.807, 2.05) is 12.1 Å². The highest BCUT2D eigenvalue weighted by Crippen LogP contribution is 2.47. The molecular weight excluding hydrogens is 332 g/mol. The smallest absolute Gasteiger partial charge is 0.255 e. The van der Waals surface area contributed by atoms with E-state index in [0.29, 0.717) is 18.0 Å². The second-order valence-electron chi connectivity index (χ2n) is 5.65. The first-order chi connectivity index (χ1) is 10.0. The van der Waals surface area contributed by atoms with Crippen molar-refractivity contribution in [1.82, 2.24) is 9.88 Å². The number of pyridine rings is 1. The summed E-state index contributed by atoms with van der Waals surface area (Å²) in [6.07, 6.45) is 2.77. The molecule has 1 amide bonds. The molecule has 2 atom stereocenters. The Balaban J connectivity index is 1.65. The first-order valence-electron chi connectivity index (χ1n) is 7.00. The summed E-state index contributed by atoms with van der Waals surface area (Å²) < 4.78 is 6.56. The molecule has 21 heavy (non-hydrogen) atoms. The molecular formula is C16H17BrN2O2. The van der Waals surface area contributed by atoms with E-state index < -0.39 is 0 Å². The minimum absolute atomic E-state index is 0.0623. The highest BCUT2D eigenvalue weighted by Gasteiger charge is 2.36. The van der Waals surface area contributed by atoms with Crippen molar-refractivity contribution in [3.63, 3.8) is 0 Å². The van der Waals surface area contributed by atoms with Crippen molar-refractivity contribution in [3.8, 4) is 0 Å². The summed E-state index contributed by atoms with van der Waals surface area (Å²) in [6, 6.07) is 7.52. The SMILES string of the molecule is CC1CC1c1ccc(CN(C)C(=O)c2ccc(Br)nc2)o1. The first kappa shape index (κ1) is 14.3. The number of hydrogen-bond acceptors (Lipinski definition) is 3. The second-order valence-corrected chi connectivity index (χ2v) is 6.47. The maximum Gasteiger partial charge on any atom is 0.255 e. The van der Waals surface area contributed by atoms with Crippen LogP contribution in [0.2, 0.25) is 0 Å². The molecule has 0 N–H and O–H groups in total. The summed E-state index contributed by atoms with van der Waals surface area (Å²) in [4.78, 5) is 18.0. The van der Waals surface area contributed by atoms with Gasteiger partial charge in [0.2, 0.25) is 0 Å². The Labute approximate surface area is 132 Å². The van der Waals surface area contributed by atoms with Gasteiger partial charge in [0.05, 0.1) is 12.1 Å². The van der Waals surface area contributed by atoms with E-state index in [0.717, 1.165) is 22.0 Å². The predicted molar refractivity (Wildman–Crippen MR) is 83.0 cm³/mol. The summed E-state index contributed by atoms with van der Waals surface area (Å²) in [5.74, 6) is 3.09. The predicted octanol–water partition coefficient (Wildman–Crippen LogP) is 3.83. The minimum Gasteiger partial charge on any atom is -0.464 e. The van der Waals surface area contributed by atoms with Crippen molar-refractivity contribution >= 4 is 21.8 Å². The van der Waals surface area contributed by atoms with Crippen LogP contribution in [-0.4, -0.2) is 22.8 Å². The number of rotatable bonds is 4. The number of hydrogen-bond donors (Lipinski definition) is 0. The highest BCUT2D eigenvalue weighted by molar-refractivity contribution is 9.10. The summed E-state index contributed by atoms with van der Waals surface area (Å²) in [6.45, 7) is 2.69. The number of furan rings is 1. The standard InChI is InChI=1S/C16H17BrN2O2/c1-10-7-13(10)14-5-4-12(21-14)9-19(2)16(20)11-3-6-15(17)18-8-11/h3-6,8,10,13H,7,9H2,1-2H3. The van der Waals surface area contributed by atoms with Gasteiger partial charge in [-0.2, -0.15) is 0 Å². The number of amides is 1. The van der Waals surface area contributed by atoms with Crippen molar-refractivity contribution in [3.05, 3.63) is 52.1 Å². The van der Waals surface area contributed by atoms with Gasteiger partial charge in [0, 0.05) is 19.2 Å². The lowest BCUT2D eigenvalue weighted by Crippen LogP contribution is -2.26. The third kappa shape index (κ3) is 3.18. The molecule has 2 aromatic heterocycles. The molecule has 1 fully saturated rings. The molecule has 5 heteroatoms. The van der Waals surface area contributed by atoms with E-state index in [1.165, 1.54) is 6.42 Å². The molecule has 2 unspecified atom stereocenters. The van der Waals surface area contributed by atoms with Gasteiger partial charge in [0.1, 0.15) is 16.1 Å². The Bertz CT molecular complexity index is 651. The molecule has 110 valence electrons. The van der Waals surface area contributed by atoms with Crippen LogP contribution in [0.3, 0.4) is 0 Å². The second kappa shape index (κ2) is 5.64. The summed E-state index contributed by atoms with van der Waals surface area (Å²) >= 11 is 3.26. The van der Waals surface area contributed by atoms with Crippen molar-refractivity contribution < 1.29 is 9.21 Å². The van der Waals surface area contributed by atoms with Gasteiger partial charge in [0.25, 0.3) is 5.91 Å². The van der Waals surface area contributed by atoms with Gasteiger partial charge in [-0.05, 0) is 52.5 Å². The van der Waals surface area contributed by atoms with Gasteiger partial charge in [-0.15, -0.1) is 0 Å². The average Bonchev–Trinajstić information content (AvgIpc) is 3.02. The van der Waals surface area contributed by atoms with Crippen LogP contribution in [0, 0.1) is 5.92 Å². The molecule has 0 aromatic carbocycles. The molecule has 0 saturated heterocycles. The van der Waals surface area contributed by atoms with Crippen LogP contribution in [0.4, 0.5) is 0 Å². The molecule has 1 aliphatic carbocycles. The van der Waals surface area contributed by atoms with Crippen LogP contribution >= 0.6 is 15.9 Å². The van der Waals surface area contributed by atoms with Gasteiger partial charge in [-0.1, -0.05) is 6.92 Å². The van der Waals surface area contributed by atoms with Gasteiger partial charge >= 0.3 is 0 Å². The van der Waals surface area contributed by atoms with Crippen molar-refractivity contribution in [1.29, 1.82) is 0 Å². The number of halogens is 1. The van der Waals surface area contributed by atoms with Gasteiger partial charge in [-0.25, -0.2) is 4.98 Å². The fourth-order valence-electron chi connectivity index (χ4n) is 2.43. The Morgan fingerprint density at radius 3 is 2.81 bits per heavy atom. The maximum absolute atomic E-state index is 12.3. The molecule has 1 aliphatic rings. The molecule has 0 bridgehead atoms. The quantitative estimate of drug-likeness (QED) is 0.788. The summed E-state index contributed by atoms with van der Waals surface area (Å²) in [5, 5.41) is 0. The number of nitrogens with zero attached hydrogens (tertiary/aromatic N) is 2. The third-order valence-corrected chi connectivity index (χ3v) is 4.34. The van der Waals surface area contributed by atoms with E-state index in [2.05, 4.69) is 27.8 Å². The van der Waals surface area contributed by atoms with E-state index in [9.17, 15) is 4.79 Å². The summed E-state index contributed by atoms with van der Waals surface area (Å²) in [5.41, 5.74) is 0.572. The van der Waals surface area contributed by atoms with Crippen LogP contribution in [0.15, 0.2) is 39.5 Å². The summed E-state index contributed by atoms with van der Waals surface area (Å²) in [7, 11) is 1.77. The fourth-order valence-corrected chi connectivity index (χ4v) is 2.66. The van der Waals surface area contributed by atoms with E-state index in [1.54, 1.807) is 30.3 Å². The zero-order chi connectivity index (χ0) is 15.0. The molecule has 0 spiro atoms. The fraction of sp³-hybridized carbons (Fsp3) is 0.375.